The van der Waals surface area contributed by atoms with E-state index in [1.807, 2.05) is 6.07 Å². The van der Waals surface area contributed by atoms with Crippen molar-refractivity contribution in [1.82, 2.24) is 9.78 Å². The molecule has 1 aromatic heterocycles. The Bertz CT molecular complexity index is 450. The van der Waals surface area contributed by atoms with Crippen LogP contribution in [0.5, 0.6) is 0 Å². The van der Waals surface area contributed by atoms with Crippen molar-refractivity contribution in [1.29, 1.82) is 5.26 Å². The molecular formula is C11H16N4O3. The summed E-state index contributed by atoms with van der Waals surface area (Å²) in [5, 5.41) is 12.5. The number of hydrogen-bond acceptors (Lipinski definition) is 6. The normalized spacial score (nSPS) is 11.8. The van der Waals surface area contributed by atoms with Crippen molar-refractivity contribution in [3.8, 4) is 6.07 Å². The molecule has 7 heteroatoms. The minimum absolute atomic E-state index is 0.102. The van der Waals surface area contributed by atoms with E-state index in [0.717, 1.165) is 0 Å². The molecule has 18 heavy (non-hydrogen) atoms. The van der Waals surface area contributed by atoms with Crippen LogP contribution in [0.4, 0.5) is 5.69 Å². The highest BCUT2D eigenvalue weighted by molar-refractivity contribution is 5.92. The Labute approximate surface area is 105 Å². The molecule has 98 valence electrons. The largest absolute Gasteiger partial charge is 0.461 e. The van der Waals surface area contributed by atoms with Crippen LogP contribution in [0, 0.1) is 11.3 Å². The molecule has 1 unspecified atom stereocenters. The van der Waals surface area contributed by atoms with Crippen LogP contribution >= 0.6 is 0 Å². The van der Waals surface area contributed by atoms with Crippen LogP contribution in [0.15, 0.2) is 6.20 Å². The number of nitriles is 1. The first kappa shape index (κ1) is 14.0. The highest BCUT2D eigenvalue weighted by Crippen LogP contribution is 2.10. The summed E-state index contributed by atoms with van der Waals surface area (Å²) in [4.78, 5) is 11.5. The van der Waals surface area contributed by atoms with Crippen molar-refractivity contribution in [3.05, 3.63) is 11.9 Å². The van der Waals surface area contributed by atoms with E-state index in [4.69, 9.17) is 20.5 Å². The first-order valence-corrected chi connectivity index (χ1v) is 5.59. The lowest BCUT2D eigenvalue weighted by atomic mass is 10.4. The summed E-state index contributed by atoms with van der Waals surface area (Å²) in [7, 11) is 0. The first-order valence-electron chi connectivity index (χ1n) is 5.59. The van der Waals surface area contributed by atoms with Gasteiger partial charge in [0.1, 0.15) is 6.10 Å². The van der Waals surface area contributed by atoms with Gasteiger partial charge in [0.2, 0.25) is 0 Å². The standard InChI is InChI=1S/C11H16N4O3/c1-3-17-11(16)10-9(13)7-15(14-10)4-5-18-8(2)6-12/h7-8H,3-5,13H2,1-2H3. The van der Waals surface area contributed by atoms with Gasteiger partial charge in [-0.1, -0.05) is 0 Å². The van der Waals surface area contributed by atoms with Gasteiger partial charge in [-0.3, -0.25) is 4.68 Å². The third kappa shape index (κ3) is 3.75. The summed E-state index contributed by atoms with van der Waals surface area (Å²) in [6, 6.07) is 1.95. The molecule has 0 aromatic carbocycles. The van der Waals surface area contributed by atoms with Crippen molar-refractivity contribution >= 4 is 11.7 Å². The number of carbonyl (C=O) groups excluding carboxylic acids is 1. The molecule has 0 spiro atoms. The van der Waals surface area contributed by atoms with Crippen molar-refractivity contribution in [2.45, 2.75) is 26.5 Å². The maximum absolute atomic E-state index is 11.5. The fraction of sp³-hybridized carbons (Fsp3) is 0.545. The van der Waals surface area contributed by atoms with E-state index in [9.17, 15) is 4.79 Å². The first-order chi connectivity index (χ1) is 8.58. The predicted molar refractivity (Wildman–Crippen MR) is 63.6 cm³/mol. The third-order valence-electron chi connectivity index (χ3n) is 2.13. The Kier molecular flexibility index (Phi) is 5.14. The van der Waals surface area contributed by atoms with Crippen LogP contribution < -0.4 is 5.73 Å². The highest BCUT2D eigenvalue weighted by atomic mass is 16.5. The molecule has 0 fully saturated rings. The Balaban J connectivity index is 2.56. The maximum Gasteiger partial charge on any atom is 0.361 e. The van der Waals surface area contributed by atoms with E-state index in [1.165, 1.54) is 10.9 Å². The van der Waals surface area contributed by atoms with Crippen molar-refractivity contribution < 1.29 is 14.3 Å². The Hall–Kier alpha value is -2.07. The molecule has 0 saturated carbocycles. The van der Waals surface area contributed by atoms with E-state index < -0.39 is 12.1 Å². The van der Waals surface area contributed by atoms with Crippen LogP contribution in [0.25, 0.3) is 0 Å². The van der Waals surface area contributed by atoms with E-state index in [1.54, 1.807) is 13.8 Å². The van der Waals surface area contributed by atoms with Gasteiger partial charge in [0.25, 0.3) is 0 Å². The summed E-state index contributed by atoms with van der Waals surface area (Å²) < 4.78 is 11.5. The highest BCUT2D eigenvalue weighted by Gasteiger charge is 2.15. The molecular weight excluding hydrogens is 236 g/mol. The van der Waals surface area contributed by atoms with Gasteiger partial charge in [-0.2, -0.15) is 10.4 Å². The predicted octanol–water partition coefficient (Wildman–Crippen LogP) is 0.571. The molecule has 0 aliphatic rings. The van der Waals surface area contributed by atoms with Gasteiger partial charge in [-0.15, -0.1) is 0 Å². The summed E-state index contributed by atoms with van der Waals surface area (Å²) in [6.45, 7) is 4.37. The van der Waals surface area contributed by atoms with Gasteiger partial charge in [0, 0.05) is 6.20 Å². The number of esters is 1. The molecule has 0 aliphatic heterocycles. The molecule has 1 atom stereocenters. The van der Waals surface area contributed by atoms with Crippen LogP contribution in [-0.4, -0.2) is 35.1 Å². The molecule has 0 bridgehead atoms. The number of hydrogen-bond donors (Lipinski definition) is 1. The Morgan fingerprint density at radius 1 is 1.72 bits per heavy atom. The van der Waals surface area contributed by atoms with Crippen LogP contribution in [0.1, 0.15) is 24.3 Å². The Morgan fingerprint density at radius 3 is 3.06 bits per heavy atom. The van der Waals surface area contributed by atoms with Gasteiger partial charge < -0.3 is 15.2 Å². The third-order valence-corrected chi connectivity index (χ3v) is 2.13. The minimum Gasteiger partial charge on any atom is -0.461 e. The van der Waals surface area contributed by atoms with Gasteiger partial charge in [-0.05, 0) is 13.8 Å². The van der Waals surface area contributed by atoms with Crippen LogP contribution in [0.2, 0.25) is 0 Å². The topological polar surface area (TPSA) is 103 Å². The fourth-order valence-corrected chi connectivity index (χ4v) is 1.27. The summed E-state index contributed by atoms with van der Waals surface area (Å²) in [5.74, 6) is -0.542. The molecule has 0 radical (unpaired) electrons. The molecule has 1 heterocycles. The molecule has 0 amide bonds. The Morgan fingerprint density at radius 2 is 2.44 bits per heavy atom. The van der Waals surface area contributed by atoms with Crippen molar-refractivity contribution in [2.75, 3.05) is 18.9 Å². The summed E-state index contributed by atoms with van der Waals surface area (Å²) in [5.41, 5.74) is 6.02. The van der Waals surface area contributed by atoms with E-state index in [2.05, 4.69) is 5.10 Å². The second-order valence-electron chi connectivity index (χ2n) is 3.56. The van der Waals surface area contributed by atoms with Crippen LogP contribution in [0.3, 0.4) is 0 Å². The molecule has 1 rings (SSSR count). The number of aromatic nitrogens is 2. The summed E-state index contributed by atoms with van der Waals surface area (Å²) in [6.07, 6.45) is 1.06. The monoisotopic (exact) mass is 252 g/mol. The van der Waals surface area contributed by atoms with E-state index >= 15 is 0 Å². The lowest BCUT2D eigenvalue weighted by molar-refractivity contribution is 0.0518. The number of nitrogens with zero attached hydrogens (tertiary/aromatic N) is 3. The minimum atomic E-state index is -0.542. The molecule has 2 N–H and O–H groups in total. The lowest BCUT2D eigenvalue weighted by Gasteiger charge is -2.04. The van der Waals surface area contributed by atoms with Gasteiger partial charge in [-0.25, -0.2) is 4.79 Å². The number of rotatable bonds is 6. The molecule has 0 aliphatic carbocycles. The van der Waals surface area contributed by atoms with Gasteiger partial charge >= 0.3 is 5.97 Å². The zero-order valence-corrected chi connectivity index (χ0v) is 10.4. The maximum atomic E-state index is 11.5. The van der Waals surface area contributed by atoms with E-state index in [-0.39, 0.29) is 18.0 Å². The number of nitrogen functional groups attached to an aromatic ring is 1. The average Bonchev–Trinajstić information content (AvgIpc) is 2.70. The second kappa shape index (κ2) is 6.61. The second-order valence-corrected chi connectivity index (χ2v) is 3.56. The summed E-state index contributed by atoms with van der Waals surface area (Å²) >= 11 is 0. The quantitative estimate of drug-likeness (QED) is 0.742. The number of ether oxygens (including phenoxy) is 2. The lowest BCUT2D eigenvalue weighted by Crippen LogP contribution is -2.13. The zero-order chi connectivity index (χ0) is 13.5. The van der Waals surface area contributed by atoms with Crippen molar-refractivity contribution in [3.63, 3.8) is 0 Å². The smallest absolute Gasteiger partial charge is 0.361 e. The number of nitrogens with two attached hydrogens (primary N) is 1. The average molecular weight is 252 g/mol. The SMILES string of the molecule is CCOC(=O)c1nn(CCOC(C)C#N)cc1N. The molecule has 0 saturated heterocycles. The fourth-order valence-electron chi connectivity index (χ4n) is 1.27. The zero-order valence-electron chi connectivity index (χ0n) is 10.4. The molecule has 1 aromatic rings. The molecule has 7 nitrogen and oxygen atoms in total. The van der Waals surface area contributed by atoms with Crippen molar-refractivity contribution in [2.24, 2.45) is 0 Å². The van der Waals surface area contributed by atoms with Gasteiger partial charge in [0.15, 0.2) is 5.69 Å². The van der Waals surface area contributed by atoms with E-state index in [0.29, 0.717) is 13.2 Å². The number of anilines is 1. The number of carbonyl (C=O) groups is 1. The van der Waals surface area contributed by atoms with Crippen LogP contribution in [-0.2, 0) is 16.0 Å². The van der Waals surface area contributed by atoms with Gasteiger partial charge in [0.05, 0.1) is 31.5 Å².